The highest BCUT2D eigenvalue weighted by atomic mass is 32.2. The molecule has 2 unspecified atom stereocenters. The van der Waals surface area contributed by atoms with Gasteiger partial charge in [-0.05, 0) is 36.8 Å². The number of hydrogen-bond acceptors (Lipinski definition) is 5. The Morgan fingerprint density at radius 2 is 1.52 bits per heavy atom. The van der Waals surface area contributed by atoms with E-state index < -0.39 is 15.0 Å². The molecule has 0 aromatic heterocycles. The average molecular weight is 367 g/mol. The zero-order chi connectivity index (χ0) is 17.9. The molecule has 0 N–H and O–H groups in total. The second-order valence-electron chi connectivity index (χ2n) is 7.19. The minimum atomic E-state index is -3.90. The van der Waals surface area contributed by atoms with Gasteiger partial charge in [0, 0.05) is 12.1 Å². The number of nitrogens with zero attached hydrogens (tertiary/aromatic N) is 1. The molecule has 25 heavy (non-hydrogen) atoms. The highest BCUT2D eigenvalue weighted by Crippen LogP contribution is 2.40. The summed E-state index contributed by atoms with van der Waals surface area (Å²) >= 11 is 0. The maximum atomic E-state index is 12.6. The Hall–Kier alpha value is -1.47. The highest BCUT2D eigenvalue weighted by Gasteiger charge is 2.36. The van der Waals surface area contributed by atoms with Crippen molar-refractivity contribution in [3.8, 4) is 0 Å². The lowest BCUT2D eigenvalue weighted by Crippen LogP contribution is -2.35. The second-order valence-corrected chi connectivity index (χ2v) is 8.76. The van der Waals surface area contributed by atoms with Crippen molar-refractivity contribution in [3.63, 3.8) is 0 Å². The molecule has 1 aromatic carbocycles. The van der Waals surface area contributed by atoms with Gasteiger partial charge in [-0.1, -0.05) is 44.9 Å². The van der Waals surface area contributed by atoms with Crippen molar-refractivity contribution in [2.45, 2.75) is 68.8 Å². The van der Waals surface area contributed by atoms with Crippen molar-refractivity contribution in [3.05, 3.63) is 34.4 Å². The van der Waals surface area contributed by atoms with Gasteiger partial charge in [-0.3, -0.25) is 14.3 Å². The predicted molar refractivity (Wildman–Crippen MR) is 93.7 cm³/mol. The molecule has 3 rings (SSSR count). The number of non-ortho nitro benzene ring substituents is 1. The molecule has 7 heteroatoms. The summed E-state index contributed by atoms with van der Waals surface area (Å²) in [5.74, 6) is 0.869. The highest BCUT2D eigenvalue weighted by molar-refractivity contribution is 7.86. The first-order valence-corrected chi connectivity index (χ1v) is 10.6. The monoisotopic (exact) mass is 367 g/mol. The summed E-state index contributed by atoms with van der Waals surface area (Å²) in [5.41, 5.74) is -0.128. The van der Waals surface area contributed by atoms with Crippen LogP contribution >= 0.6 is 0 Å². The Bertz CT molecular complexity index is 695. The summed E-state index contributed by atoms with van der Waals surface area (Å²) in [6.07, 6.45) is 9.73. The van der Waals surface area contributed by atoms with Gasteiger partial charge in [0.2, 0.25) is 0 Å². The maximum Gasteiger partial charge on any atom is 0.297 e. The molecular weight excluding hydrogens is 342 g/mol. The normalized spacial score (nSPS) is 25.6. The zero-order valence-electron chi connectivity index (χ0n) is 14.3. The average Bonchev–Trinajstić information content (AvgIpc) is 2.63. The van der Waals surface area contributed by atoms with Crippen molar-refractivity contribution < 1.29 is 17.5 Å². The van der Waals surface area contributed by atoms with Crippen LogP contribution in [0.1, 0.15) is 57.8 Å². The van der Waals surface area contributed by atoms with E-state index in [1.807, 2.05) is 0 Å². The Kier molecular flexibility index (Phi) is 5.74. The lowest BCUT2D eigenvalue weighted by atomic mass is 9.72. The summed E-state index contributed by atoms with van der Waals surface area (Å²) in [5, 5.41) is 10.7. The van der Waals surface area contributed by atoms with Crippen LogP contribution in [0.25, 0.3) is 0 Å². The molecule has 2 aliphatic rings. The van der Waals surface area contributed by atoms with Crippen LogP contribution in [0.15, 0.2) is 29.2 Å². The lowest BCUT2D eigenvalue weighted by molar-refractivity contribution is -0.384. The van der Waals surface area contributed by atoms with Crippen LogP contribution < -0.4 is 0 Å². The number of rotatable bonds is 5. The molecule has 2 fully saturated rings. The lowest BCUT2D eigenvalue weighted by Gasteiger charge is -2.38. The standard InChI is InChI=1S/C18H25NO5S/c20-19(21)15-10-12-16(13-11-15)25(22,23)24-18-9-5-4-8-17(18)14-6-2-1-3-7-14/h10-14,17-18H,1-9H2. The molecule has 0 saturated heterocycles. The van der Waals surface area contributed by atoms with Crippen molar-refractivity contribution in [2.24, 2.45) is 11.8 Å². The van der Waals surface area contributed by atoms with E-state index in [1.165, 1.54) is 56.4 Å². The number of nitro groups is 1. The van der Waals surface area contributed by atoms with Crippen LogP contribution in [0.2, 0.25) is 0 Å². The second kappa shape index (κ2) is 7.83. The minimum absolute atomic E-state index is 0.00827. The van der Waals surface area contributed by atoms with Gasteiger partial charge in [0.15, 0.2) is 0 Å². The van der Waals surface area contributed by atoms with Gasteiger partial charge in [0.1, 0.15) is 0 Å². The van der Waals surface area contributed by atoms with Crippen molar-refractivity contribution in [2.75, 3.05) is 0 Å². The van der Waals surface area contributed by atoms with E-state index in [2.05, 4.69) is 0 Å². The van der Waals surface area contributed by atoms with Crippen molar-refractivity contribution in [1.29, 1.82) is 0 Å². The molecule has 0 heterocycles. The fourth-order valence-corrected chi connectivity index (χ4v) is 5.44. The summed E-state index contributed by atoms with van der Waals surface area (Å²) in [7, 11) is -3.90. The molecule has 2 aliphatic carbocycles. The molecule has 1 aromatic rings. The summed E-state index contributed by atoms with van der Waals surface area (Å²) < 4.78 is 30.9. The topological polar surface area (TPSA) is 86.5 Å². The largest absolute Gasteiger partial charge is 0.297 e. The minimum Gasteiger partial charge on any atom is -0.263 e. The van der Waals surface area contributed by atoms with Gasteiger partial charge < -0.3 is 0 Å². The number of nitro benzene ring substituents is 1. The first kappa shape index (κ1) is 18.3. The molecule has 0 spiro atoms. The summed E-state index contributed by atoms with van der Waals surface area (Å²) in [6.45, 7) is 0. The van der Waals surface area contributed by atoms with E-state index in [0.717, 1.165) is 25.7 Å². The fraction of sp³-hybridized carbons (Fsp3) is 0.667. The molecule has 0 radical (unpaired) electrons. The fourth-order valence-electron chi connectivity index (χ4n) is 4.30. The molecule has 0 amide bonds. The third-order valence-corrected chi connectivity index (χ3v) is 6.95. The van der Waals surface area contributed by atoms with E-state index in [1.54, 1.807) is 0 Å². The van der Waals surface area contributed by atoms with E-state index in [9.17, 15) is 18.5 Å². The maximum absolute atomic E-state index is 12.6. The van der Waals surface area contributed by atoms with Gasteiger partial charge in [-0.2, -0.15) is 8.42 Å². The van der Waals surface area contributed by atoms with E-state index in [0.29, 0.717) is 11.8 Å². The molecule has 2 atom stereocenters. The van der Waals surface area contributed by atoms with Crippen LogP contribution in [0.4, 0.5) is 5.69 Å². The third-order valence-electron chi connectivity index (χ3n) is 5.60. The van der Waals surface area contributed by atoms with Crippen molar-refractivity contribution >= 4 is 15.8 Å². The zero-order valence-corrected chi connectivity index (χ0v) is 15.1. The quantitative estimate of drug-likeness (QED) is 0.436. The number of benzene rings is 1. The van der Waals surface area contributed by atoms with Crippen LogP contribution in [0.3, 0.4) is 0 Å². The van der Waals surface area contributed by atoms with Gasteiger partial charge in [-0.25, -0.2) is 0 Å². The van der Waals surface area contributed by atoms with Gasteiger partial charge in [-0.15, -0.1) is 0 Å². The smallest absolute Gasteiger partial charge is 0.263 e. The van der Waals surface area contributed by atoms with Crippen molar-refractivity contribution in [1.82, 2.24) is 0 Å². The van der Waals surface area contributed by atoms with Crippen LogP contribution in [0.5, 0.6) is 0 Å². The molecule has 138 valence electrons. The van der Waals surface area contributed by atoms with E-state index in [-0.39, 0.29) is 16.7 Å². The molecule has 0 aliphatic heterocycles. The van der Waals surface area contributed by atoms with Gasteiger partial charge in [0.25, 0.3) is 15.8 Å². The molecule has 6 nitrogen and oxygen atoms in total. The van der Waals surface area contributed by atoms with Gasteiger partial charge in [0.05, 0.1) is 15.9 Å². The van der Waals surface area contributed by atoms with E-state index in [4.69, 9.17) is 4.18 Å². The Labute approximate surface area is 148 Å². The summed E-state index contributed by atoms with van der Waals surface area (Å²) in [6, 6.07) is 4.92. The third kappa shape index (κ3) is 4.39. The molecule has 2 saturated carbocycles. The van der Waals surface area contributed by atoms with Crippen LogP contribution in [-0.2, 0) is 14.3 Å². The first-order chi connectivity index (χ1) is 12.0. The summed E-state index contributed by atoms with van der Waals surface area (Å²) in [4.78, 5) is 10.2. The Balaban J connectivity index is 1.74. The first-order valence-electron chi connectivity index (χ1n) is 9.15. The SMILES string of the molecule is O=[N+]([O-])c1ccc(S(=O)(=O)OC2CCCCC2C2CCCCC2)cc1. The Morgan fingerprint density at radius 1 is 0.920 bits per heavy atom. The Morgan fingerprint density at radius 3 is 2.16 bits per heavy atom. The van der Waals surface area contributed by atoms with Crippen LogP contribution in [0, 0.1) is 22.0 Å². The predicted octanol–water partition coefficient (Wildman–Crippen LogP) is 4.44. The van der Waals surface area contributed by atoms with Crippen LogP contribution in [-0.4, -0.2) is 19.4 Å². The molecule has 0 bridgehead atoms. The molecular formula is C18H25NO5S. The number of hydrogen-bond donors (Lipinski definition) is 0. The van der Waals surface area contributed by atoms with Gasteiger partial charge >= 0.3 is 0 Å². The van der Waals surface area contributed by atoms with E-state index >= 15 is 0 Å².